The Hall–Kier alpha value is -1.91. The average Bonchev–Trinajstić information content (AvgIpc) is 2.07. The molecule has 0 bridgehead atoms. The van der Waals surface area contributed by atoms with Gasteiger partial charge in [-0.2, -0.15) is 0 Å². The second kappa shape index (κ2) is 3.45. The zero-order valence-electron chi connectivity index (χ0n) is 7.35. The number of rotatable bonds is 2. The molecule has 2 N–H and O–H groups in total. The Morgan fingerprint density at radius 1 is 1.36 bits per heavy atom. The minimum atomic E-state index is -1.39. The molecule has 1 aliphatic rings. The third-order valence-electron chi connectivity index (χ3n) is 1.85. The number of hydrogen-bond acceptors (Lipinski definition) is 3. The minimum Gasteiger partial charge on any atom is -0.480 e. The van der Waals surface area contributed by atoms with Gasteiger partial charge in [-0.3, -0.25) is 9.59 Å². The normalized spacial score (nSPS) is 21.2. The van der Waals surface area contributed by atoms with Crippen LogP contribution in [-0.2, 0) is 14.4 Å². The lowest BCUT2D eigenvalue weighted by Gasteiger charge is -2.13. The van der Waals surface area contributed by atoms with Crippen molar-refractivity contribution in [3.05, 3.63) is 23.3 Å². The number of carboxylic acids is 2. The van der Waals surface area contributed by atoms with E-state index in [0.717, 1.165) is 0 Å². The predicted octanol–water partition coefficient (Wildman–Crippen LogP) is 0.227. The summed E-state index contributed by atoms with van der Waals surface area (Å²) in [6, 6.07) is 0. The first-order valence-corrected chi connectivity index (χ1v) is 3.84. The molecule has 0 heterocycles. The molecule has 1 aliphatic carbocycles. The van der Waals surface area contributed by atoms with Gasteiger partial charge < -0.3 is 10.2 Å². The minimum absolute atomic E-state index is 0.467. The molecule has 1 atom stereocenters. The number of aliphatic carboxylic acids is 2. The first-order chi connectivity index (χ1) is 6.43. The van der Waals surface area contributed by atoms with Crippen LogP contribution in [0, 0.1) is 5.92 Å². The van der Waals surface area contributed by atoms with E-state index in [4.69, 9.17) is 10.2 Å². The van der Waals surface area contributed by atoms with Crippen LogP contribution < -0.4 is 0 Å². The van der Waals surface area contributed by atoms with Gasteiger partial charge in [0.2, 0.25) is 0 Å². The molecule has 1 rings (SSSR count). The molecule has 1 unspecified atom stereocenters. The predicted molar refractivity (Wildman–Crippen MR) is 45.6 cm³/mol. The molecule has 0 spiro atoms. The average molecular weight is 196 g/mol. The highest BCUT2D eigenvalue weighted by atomic mass is 16.4. The fourth-order valence-electron chi connectivity index (χ4n) is 1.20. The van der Waals surface area contributed by atoms with Gasteiger partial charge in [0.05, 0.1) is 0 Å². The zero-order chi connectivity index (χ0) is 10.9. The third kappa shape index (κ3) is 1.71. The summed E-state index contributed by atoms with van der Waals surface area (Å²) < 4.78 is 0. The van der Waals surface area contributed by atoms with Crippen LogP contribution in [0.3, 0.4) is 0 Å². The van der Waals surface area contributed by atoms with E-state index < -0.39 is 29.2 Å². The molecule has 0 aliphatic heterocycles. The van der Waals surface area contributed by atoms with Crippen LogP contribution in [0.4, 0.5) is 0 Å². The summed E-state index contributed by atoms with van der Waals surface area (Å²) in [5.41, 5.74) is -0.00759. The number of carbonyl (C=O) groups excluding carboxylic acids is 1. The van der Waals surface area contributed by atoms with Gasteiger partial charge in [-0.1, -0.05) is 11.6 Å². The van der Waals surface area contributed by atoms with E-state index in [2.05, 4.69) is 0 Å². The van der Waals surface area contributed by atoms with Crippen LogP contribution in [0.2, 0.25) is 0 Å². The highest BCUT2D eigenvalue weighted by Gasteiger charge is 2.32. The van der Waals surface area contributed by atoms with Crippen molar-refractivity contribution in [3.8, 4) is 0 Å². The maximum absolute atomic E-state index is 11.3. The van der Waals surface area contributed by atoms with Crippen LogP contribution in [0.25, 0.3) is 0 Å². The first kappa shape index (κ1) is 10.2. The summed E-state index contributed by atoms with van der Waals surface area (Å²) in [7, 11) is 0. The third-order valence-corrected chi connectivity index (χ3v) is 1.85. The van der Waals surface area contributed by atoms with Crippen molar-refractivity contribution in [2.45, 2.75) is 6.92 Å². The molecule has 5 heteroatoms. The molecule has 0 aromatic rings. The van der Waals surface area contributed by atoms with Crippen molar-refractivity contribution in [1.82, 2.24) is 0 Å². The maximum Gasteiger partial charge on any atom is 0.339 e. The monoisotopic (exact) mass is 196 g/mol. The Balaban J connectivity index is 3.14. The molecule has 0 radical (unpaired) electrons. The maximum atomic E-state index is 11.3. The largest absolute Gasteiger partial charge is 0.480 e. The van der Waals surface area contributed by atoms with Crippen molar-refractivity contribution in [2.75, 3.05) is 0 Å². The fraction of sp³-hybridized carbons (Fsp3) is 0.222. The Morgan fingerprint density at radius 3 is 2.36 bits per heavy atom. The smallest absolute Gasteiger partial charge is 0.339 e. The van der Waals surface area contributed by atoms with Crippen LogP contribution in [-0.4, -0.2) is 27.9 Å². The fourth-order valence-corrected chi connectivity index (χ4v) is 1.20. The molecule has 0 saturated carbocycles. The number of carboxylic acid groups (broad SMARTS) is 2. The molecular formula is C9H8O5. The quantitative estimate of drug-likeness (QED) is 0.487. The second-order valence-electron chi connectivity index (χ2n) is 2.95. The number of allylic oxidation sites excluding steroid dienone is 2. The van der Waals surface area contributed by atoms with E-state index in [1.807, 2.05) is 0 Å². The SMILES string of the molecule is CC1=CC(C(=O)O)C(=O)C(C(=O)O)=C1. The lowest BCUT2D eigenvalue weighted by atomic mass is 9.89. The molecule has 0 aromatic heterocycles. The number of carbonyl (C=O) groups is 3. The second-order valence-corrected chi connectivity index (χ2v) is 2.95. The van der Waals surface area contributed by atoms with Gasteiger partial charge in [-0.05, 0) is 13.0 Å². The topological polar surface area (TPSA) is 91.7 Å². The summed E-state index contributed by atoms with van der Waals surface area (Å²) in [4.78, 5) is 32.4. The van der Waals surface area contributed by atoms with Crippen molar-refractivity contribution >= 4 is 17.7 Å². The Labute approximate surface area is 79.3 Å². The Kier molecular flexibility index (Phi) is 2.51. The van der Waals surface area contributed by atoms with Crippen LogP contribution in [0.1, 0.15) is 6.92 Å². The number of ketones is 1. The van der Waals surface area contributed by atoms with E-state index in [-0.39, 0.29) is 0 Å². The molecule has 0 saturated heterocycles. The summed E-state index contributed by atoms with van der Waals surface area (Å²) in [6.07, 6.45) is 2.40. The van der Waals surface area contributed by atoms with E-state index in [1.165, 1.54) is 12.2 Å². The molecule has 0 aromatic carbocycles. The van der Waals surface area contributed by atoms with Crippen molar-refractivity contribution < 1.29 is 24.6 Å². The van der Waals surface area contributed by atoms with Gasteiger partial charge in [0.25, 0.3) is 0 Å². The highest BCUT2D eigenvalue weighted by molar-refractivity contribution is 6.23. The van der Waals surface area contributed by atoms with Crippen molar-refractivity contribution in [3.63, 3.8) is 0 Å². The van der Waals surface area contributed by atoms with Gasteiger partial charge in [-0.25, -0.2) is 4.79 Å². The van der Waals surface area contributed by atoms with Gasteiger partial charge in [-0.15, -0.1) is 0 Å². The van der Waals surface area contributed by atoms with Gasteiger partial charge in [0.1, 0.15) is 11.5 Å². The number of hydrogen-bond donors (Lipinski definition) is 2. The molecule has 5 nitrogen and oxygen atoms in total. The lowest BCUT2D eigenvalue weighted by molar-refractivity contribution is -0.143. The van der Waals surface area contributed by atoms with E-state index in [9.17, 15) is 14.4 Å². The van der Waals surface area contributed by atoms with E-state index in [1.54, 1.807) is 6.92 Å². The zero-order valence-corrected chi connectivity index (χ0v) is 7.35. The summed E-state index contributed by atoms with van der Waals surface area (Å²) in [6.45, 7) is 1.55. The van der Waals surface area contributed by atoms with Crippen LogP contribution in [0.5, 0.6) is 0 Å². The molecule has 74 valence electrons. The van der Waals surface area contributed by atoms with E-state index in [0.29, 0.717) is 5.57 Å². The molecule has 0 fully saturated rings. The van der Waals surface area contributed by atoms with Crippen LogP contribution in [0.15, 0.2) is 23.3 Å². The lowest BCUT2D eigenvalue weighted by Crippen LogP contribution is -2.29. The van der Waals surface area contributed by atoms with Gasteiger partial charge in [0.15, 0.2) is 5.78 Å². The Bertz CT molecular complexity index is 375. The van der Waals surface area contributed by atoms with E-state index >= 15 is 0 Å². The van der Waals surface area contributed by atoms with Crippen molar-refractivity contribution in [2.24, 2.45) is 5.92 Å². The first-order valence-electron chi connectivity index (χ1n) is 3.84. The molecule has 14 heavy (non-hydrogen) atoms. The summed E-state index contributed by atoms with van der Waals surface area (Å²) in [5, 5.41) is 17.3. The number of Topliss-reactive ketones (excluding diaryl/α,β-unsaturated/α-hetero) is 1. The Morgan fingerprint density at radius 2 is 1.93 bits per heavy atom. The standard InChI is InChI=1S/C9H8O5/c1-4-2-5(8(11)12)7(10)6(3-4)9(13)14/h2-3,5H,1H3,(H,11,12)(H,13,14). The highest BCUT2D eigenvalue weighted by Crippen LogP contribution is 2.19. The summed E-state index contributed by atoms with van der Waals surface area (Å²) in [5.74, 6) is -4.98. The molecular weight excluding hydrogens is 188 g/mol. The van der Waals surface area contributed by atoms with Gasteiger partial charge >= 0.3 is 11.9 Å². The van der Waals surface area contributed by atoms with Crippen molar-refractivity contribution in [1.29, 1.82) is 0 Å². The van der Waals surface area contributed by atoms with Crippen LogP contribution >= 0.6 is 0 Å². The molecule has 0 amide bonds. The summed E-state index contributed by atoms with van der Waals surface area (Å²) >= 11 is 0. The van der Waals surface area contributed by atoms with Gasteiger partial charge in [0, 0.05) is 0 Å².